The maximum atomic E-state index is 12.3. The number of hydrogen-bond donors (Lipinski definition) is 3. The van der Waals surface area contributed by atoms with Gasteiger partial charge in [-0.1, -0.05) is 48.5 Å². The van der Waals surface area contributed by atoms with Gasteiger partial charge in [0.2, 0.25) is 11.8 Å². The third-order valence-electron chi connectivity index (χ3n) is 6.28. The van der Waals surface area contributed by atoms with Gasteiger partial charge in [-0.25, -0.2) is 9.59 Å². The molecule has 178 valence electrons. The van der Waals surface area contributed by atoms with Crippen LogP contribution in [0.5, 0.6) is 0 Å². The number of carbonyl (C=O) groups excluding carboxylic acids is 3. The minimum atomic E-state index is -1.05. The molecule has 0 saturated carbocycles. The molecular formula is C25H27N3O6. The van der Waals surface area contributed by atoms with E-state index in [1.165, 1.54) is 4.90 Å². The lowest BCUT2D eigenvalue weighted by Crippen LogP contribution is -2.51. The van der Waals surface area contributed by atoms with Crippen molar-refractivity contribution in [3.8, 4) is 11.1 Å². The predicted octanol–water partition coefficient (Wildman–Crippen LogP) is 2.11. The number of likely N-dealkylation sites (tertiary alicyclic amines) is 1. The molecule has 3 N–H and O–H groups in total. The van der Waals surface area contributed by atoms with Gasteiger partial charge in [0.1, 0.15) is 19.2 Å². The second-order valence-electron chi connectivity index (χ2n) is 8.39. The van der Waals surface area contributed by atoms with Crippen molar-refractivity contribution in [3.05, 3.63) is 59.7 Å². The lowest BCUT2D eigenvalue weighted by atomic mass is 9.98. The summed E-state index contributed by atoms with van der Waals surface area (Å²) in [5.41, 5.74) is 4.42. The van der Waals surface area contributed by atoms with Crippen molar-refractivity contribution in [2.75, 3.05) is 26.2 Å². The van der Waals surface area contributed by atoms with E-state index in [-0.39, 0.29) is 25.6 Å². The number of benzene rings is 2. The highest BCUT2D eigenvalue weighted by Gasteiger charge is 2.32. The Morgan fingerprint density at radius 3 is 2.21 bits per heavy atom. The molecule has 4 rings (SSSR count). The van der Waals surface area contributed by atoms with Crippen molar-refractivity contribution in [3.63, 3.8) is 0 Å². The highest BCUT2D eigenvalue weighted by Crippen LogP contribution is 2.44. The van der Waals surface area contributed by atoms with Crippen LogP contribution in [-0.4, -0.2) is 66.2 Å². The molecule has 0 radical (unpaired) electrons. The Kier molecular flexibility index (Phi) is 7.10. The van der Waals surface area contributed by atoms with E-state index in [0.29, 0.717) is 13.0 Å². The number of piperidine rings is 1. The summed E-state index contributed by atoms with van der Waals surface area (Å²) < 4.78 is 5.38. The van der Waals surface area contributed by atoms with E-state index in [2.05, 4.69) is 10.6 Å². The van der Waals surface area contributed by atoms with Crippen LogP contribution in [-0.2, 0) is 19.1 Å². The van der Waals surface area contributed by atoms with Crippen molar-refractivity contribution >= 4 is 23.9 Å². The smallest absolute Gasteiger partial charge is 0.407 e. The summed E-state index contributed by atoms with van der Waals surface area (Å²) in [5.74, 6) is -2.15. The third kappa shape index (κ3) is 5.03. The maximum Gasteiger partial charge on any atom is 0.407 e. The summed E-state index contributed by atoms with van der Waals surface area (Å²) in [5, 5.41) is 14.1. The molecule has 9 nitrogen and oxygen atoms in total. The van der Waals surface area contributed by atoms with E-state index in [1.807, 2.05) is 48.5 Å². The molecule has 0 spiro atoms. The molecule has 1 heterocycles. The summed E-state index contributed by atoms with van der Waals surface area (Å²) in [4.78, 5) is 49.2. The molecule has 1 aliphatic heterocycles. The van der Waals surface area contributed by atoms with Crippen LogP contribution in [0.4, 0.5) is 4.79 Å². The number of nitrogens with one attached hydrogen (secondary N) is 2. The van der Waals surface area contributed by atoms with E-state index in [4.69, 9.17) is 4.74 Å². The number of fused-ring (bicyclic) bond motifs is 3. The number of amides is 3. The van der Waals surface area contributed by atoms with Crippen LogP contribution in [0.3, 0.4) is 0 Å². The average Bonchev–Trinajstić information content (AvgIpc) is 3.18. The molecule has 34 heavy (non-hydrogen) atoms. The van der Waals surface area contributed by atoms with E-state index in [1.54, 1.807) is 0 Å². The zero-order chi connectivity index (χ0) is 24.1. The Bertz CT molecular complexity index is 1060. The number of nitrogens with zero attached hydrogens (tertiary/aromatic N) is 1. The predicted molar refractivity (Wildman–Crippen MR) is 123 cm³/mol. The van der Waals surface area contributed by atoms with Crippen LogP contribution in [0.15, 0.2) is 48.5 Å². The van der Waals surface area contributed by atoms with Gasteiger partial charge in [0, 0.05) is 12.5 Å². The van der Waals surface area contributed by atoms with Crippen LogP contribution in [0.1, 0.15) is 36.3 Å². The first-order chi connectivity index (χ1) is 16.5. The molecule has 3 amide bonds. The third-order valence-corrected chi connectivity index (χ3v) is 6.28. The number of ether oxygens (including phenoxy) is 1. The van der Waals surface area contributed by atoms with Crippen molar-refractivity contribution < 1.29 is 29.0 Å². The van der Waals surface area contributed by atoms with Gasteiger partial charge < -0.3 is 25.4 Å². The molecule has 0 aromatic heterocycles. The Morgan fingerprint density at radius 2 is 1.56 bits per heavy atom. The number of rotatable bonds is 7. The van der Waals surface area contributed by atoms with E-state index < -0.39 is 29.9 Å². The second-order valence-corrected chi connectivity index (χ2v) is 8.39. The first-order valence-corrected chi connectivity index (χ1v) is 11.3. The fourth-order valence-electron chi connectivity index (χ4n) is 4.63. The normalized spacial score (nSPS) is 16.8. The molecule has 0 bridgehead atoms. The summed E-state index contributed by atoms with van der Waals surface area (Å²) in [7, 11) is 0. The number of carbonyl (C=O) groups is 4. The van der Waals surface area contributed by atoms with Gasteiger partial charge in [-0.05, 0) is 41.5 Å². The van der Waals surface area contributed by atoms with Crippen LogP contribution in [0.2, 0.25) is 0 Å². The van der Waals surface area contributed by atoms with E-state index >= 15 is 0 Å². The van der Waals surface area contributed by atoms with Crippen molar-refractivity contribution in [1.29, 1.82) is 0 Å². The zero-order valence-electron chi connectivity index (χ0n) is 18.7. The van der Waals surface area contributed by atoms with Crippen LogP contribution >= 0.6 is 0 Å². The van der Waals surface area contributed by atoms with Gasteiger partial charge in [-0.3, -0.25) is 9.59 Å². The van der Waals surface area contributed by atoms with Gasteiger partial charge in [-0.15, -0.1) is 0 Å². The molecule has 9 heteroatoms. The lowest BCUT2D eigenvalue weighted by molar-refractivity contribution is -0.151. The number of hydrogen-bond acceptors (Lipinski definition) is 5. The first-order valence-electron chi connectivity index (χ1n) is 11.3. The Balaban J connectivity index is 1.23. The van der Waals surface area contributed by atoms with E-state index in [0.717, 1.165) is 35.1 Å². The number of alkyl carbamates (subject to hydrolysis) is 1. The lowest BCUT2D eigenvalue weighted by Gasteiger charge is -2.33. The molecule has 2 aromatic carbocycles. The second kappa shape index (κ2) is 10.4. The Labute approximate surface area is 197 Å². The fraction of sp³-hybridized carbons (Fsp3) is 0.360. The quantitative estimate of drug-likeness (QED) is 0.575. The summed E-state index contributed by atoms with van der Waals surface area (Å²) in [6.45, 7) is -0.198. The van der Waals surface area contributed by atoms with Crippen LogP contribution < -0.4 is 10.6 Å². The maximum absolute atomic E-state index is 12.3. The molecule has 1 saturated heterocycles. The molecule has 2 aromatic rings. The van der Waals surface area contributed by atoms with Crippen LogP contribution in [0.25, 0.3) is 11.1 Å². The standard InChI is InChI=1S/C25H27N3O6/c29-22(26-14-23(30)28-12-6-5-11-21(28)24(31)32)13-27-25(33)34-15-20-18-9-3-1-7-16(18)17-8-2-4-10-19(17)20/h1-4,7-10,20-21H,5-6,11-15H2,(H,26,29)(H,27,33)(H,31,32)/t21-/m0/s1. The topological polar surface area (TPSA) is 125 Å². The monoisotopic (exact) mass is 465 g/mol. The minimum Gasteiger partial charge on any atom is -0.480 e. The van der Waals surface area contributed by atoms with Crippen LogP contribution in [0, 0.1) is 0 Å². The largest absolute Gasteiger partial charge is 0.480 e. The Hall–Kier alpha value is -3.88. The van der Waals surface area contributed by atoms with Gasteiger partial charge in [-0.2, -0.15) is 0 Å². The van der Waals surface area contributed by atoms with Gasteiger partial charge in [0.25, 0.3) is 0 Å². The summed E-state index contributed by atoms with van der Waals surface area (Å²) >= 11 is 0. The van der Waals surface area contributed by atoms with Crippen molar-refractivity contribution in [2.45, 2.75) is 31.2 Å². The molecule has 0 unspecified atom stereocenters. The molecule has 1 aliphatic carbocycles. The summed E-state index contributed by atoms with van der Waals surface area (Å²) in [6, 6.07) is 15.1. The van der Waals surface area contributed by atoms with Gasteiger partial charge >= 0.3 is 12.1 Å². The zero-order valence-corrected chi connectivity index (χ0v) is 18.7. The molecule has 2 aliphatic rings. The Morgan fingerprint density at radius 1 is 0.912 bits per heavy atom. The average molecular weight is 466 g/mol. The minimum absolute atomic E-state index is 0.0867. The van der Waals surface area contributed by atoms with E-state index in [9.17, 15) is 24.3 Å². The van der Waals surface area contributed by atoms with Crippen molar-refractivity contribution in [1.82, 2.24) is 15.5 Å². The highest BCUT2D eigenvalue weighted by molar-refractivity contribution is 5.89. The summed E-state index contributed by atoms with van der Waals surface area (Å²) in [6.07, 6.45) is 1.15. The molecule has 1 atom stereocenters. The van der Waals surface area contributed by atoms with Gasteiger partial charge in [0.05, 0.1) is 6.54 Å². The molecule has 1 fully saturated rings. The first kappa shape index (κ1) is 23.3. The SMILES string of the molecule is O=C(CNC(=O)OCC1c2ccccc2-c2ccccc21)NCC(=O)N1CCCC[C@H]1C(=O)O. The van der Waals surface area contributed by atoms with Gasteiger partial charge in [0.15, 0.2) is 0 Å². The number of aliphatic carboxylic acids is 1. The highest BCUT2D eigenvalue weighted by atomic mass is 16.5. The molecular weight excluding hydrogens is 438 g/mol. The fourth-order valence-corrected chi connectivity index (χ4v) is 4.63. The number of carboxylic acids is 1. The number of carboxylic acid groups (broad SMARTS) is 1. The van der Waals surface area contributed by atoms with Crippen molar-refractivity contribution in [2.24, 2.45) is 0 Å².